The number of halogens is 2. The number of amides is 1. The molecule has 0 saturated carbocycles. The number of hydrogen-bond donors (Lipinski definition) is 1. The maximum Gasteiger partial charge on any atom is 0.407 e. The average Bonchev–Trinajstić information content (AvgIpc) is 2.58. The Morgan fingerprint density at radius 2 is 1.89 bits per heavy atom. The Labute approximate surface area is 170 Å². The topological polar surface area (TPSA) is 62.1 Å². The Hall–Kier alpha value is -2.58. The van der Waals surface area contributed by atoms with E-state index in [0.717, 1.165) is 5.56 Å². The van der Waals surface area contributed by atoms with Crippen LogP contribution in [-0.4, -0.2) is 17.7 Å². The van der Waals surface area contributed by atoms with Crippen LogP contribution >= 0.6 is 11.6 Å². The van der Waals surface area contributed by atoms with Gasteiger partial charge in [-0.1, -0.05) is 23.7 Å². The third-order valence-electron chi connectivity index (χ3n) is 4.19. The summed E-state index contributed by atoms with van der Waals surface area (Å²) < 4.78 is 19.4. The van der Waals surface area contributed by atoms with Crippen LogP contribution in [0, 0.1) is 17.1 Å². The summed E-state index contributed by atoms with van der Waals surface area (Å²) in [6, 6.07) is 13.2. The van der Waals surface area contributed by atoms with Crippen molar-refractivity contribution in [3.05, 3.63) is 70.0 Å². The number of hydrogen-bond acceptors (Lipinski definition) is 3. The second-order valence-electron chi connectivity index (χ2n) is 7.76. The number of carbonyl (C=O) groups excluding carboxylic acids is 1. The number of benzene rings is 2. The van der Waals surface area contributed by atoms with Crippen molar-refractivity contribution in [2.75, 3.05) is 0 Å². The lowest BCUT2D eigenvalue weighted by molar-refractivity contribution is 0.0501. The maximum atomic E-state index is 14.0. The molecule has 1 N–H and O–H groups in total. The molecule has 0 radical (unpaired) electrons. The molecule has 1 amide bonds. The van der Waals surface area contributed by atoms with Crippen molar-refractivity contribution >= 4 is 17.7 Å². The van der Waals surface area contributed by atoms with E-state index in [2.05, 4.69) is 5.32 Å². The van der Waals surface area contributed by atoms with Gasteiger partial charge in [0.15, 0.2) is 0 Å². The Morgan fingerprint density at radius 3 is 2.46 bits per heavy atom. The number of ether oxygens (including phenoxy) is 1. The molecule has 2 atom stereocenters. The van der Waals surface area contributed by atoms with Gasteiger partial charge in [-0.2, -0.15) is 5.26 Å². The minimum absolute atomic E-state index is 0.237. The van der Waals surface area contributed by atoms with E-state index in [0.29, 0.717) is 17.0 Å². The summed E-state index contributed by atoms with van der Waals surface area (Å²) in [7, 11) is 0. The van der Waals surface area contributed by atoms with Crippen molar-refractivity contribution in [2.24, 2.45) is 0 Å². The minimum atomic E-state index is -0.623. The lowest BCUT2D eigenvalue weighted by atomic mass is 9.86. The van der Waals surface area contributed by atoms with E-state index < -0.39 is 17.5 Å². The first kappa shape index (κ1) is 21.7. The number of nitrogens with one attached hydrogen (secondary N) is 1. The molecule has 0 aliphatic carbocycles. The third-order valence-corrected chi connectivity index (χ3v) is 4.45. The smallest absolute Gasteiger partial charge is 0.407 e. The third kappa shape index (κ3) is 6.54. The molecular formula is C22H24ClFN2O2. The Bertz CT molecular complexity index is 870. The van der Waals surface area contributed by atoms with Crippen LogP contribution in [0.4, 0.5) is 9.18 Å². The van der Waals surface area contributed by atoms with Crippen molar-refractivity contribution in [1.82, 2.24) is 5.32 Å². The number of alkyl carbamates (subject to hydrolysis) is 1. The molecule has 2 rings (SSSR count). The monoisotopic (exact) mass is 402 g/mol. The van der Waals surface area contributed by atoms with Gasteiger partial charge in [0.05, 0.1) is 11.6 Å². The molecule has 2 unspecified atom stereocenters. The molecule has 0 aliphatic heterocycles. The largest absolute Gasteiger partial charge is 0.444 e. The van der Waals surface area contributed by atoms with Crippen LogP contribution in [0.5, 0.6) is 0 Å². The van der Waals surface area contributed by atoms with Gasteiger partial charge < -0.3 is 10.1 Å². The lowest BCUT2D eigenvalue weighted by Crippen LogP contribution is -2.41. The molecule has 0 spiro atoms. The number of carbonyl (C=O) groups is 1. The molecule has 2 aromatic carbocycles. The van der Waals surface area contributed by atoms with Crippen LogP contribution in [-0.2, 0) is 11.2 Å². The molecule has 0 aliphatic rings. The molecule has 2 aromatic rings. The average molecular weight is 403 g/mol. The fraction of sp³-hybridized carbons (Fsp3) is 0.364. The molecule has 148 valence electrons. The summed E-state index contributed by atoms with van der Waals surface area (Å²) in [6.07, 6.45) is -0.0133. The SMILES string of the molecule is CC(NC(=O)OC(C)(C)C)C(Cc1ccc(Cl)cc1)c1cc(F)cc(C#N)c1. The van der Waals surface area contributed by atoms with E-state index in [1.807, 2.05) is 25.1 Å². The highest BCUT2D eigenvalue weighted by atomic mass is 35.5. The summed E-state index contributed by atoms with van der Waals surface area (Å²) in [5, 5.41) is 12.6. The highest BCUT2D eigenvalue weighted by molar-refractivity contribution is 6.30. The minimum Gasteiger partial charge on any atom is -0.444 e. The summed E-state index contributed by atoms with van der Waals surface area (Å²) in [4.78, 5) is 12.2. The molecule has 0 aromatic heterocycles. The van der Waals surface area contributed by atoms with Gasteiger partial charge in [-0.15, -0.1) is 0 Å². The van der Waals surface area contributed by atoms with E-state index in [4.69, 9.17) is 16.3 Å². The van der Waals surface area contributed by atoms with Crippen molar-refractivity contribution in [1.29, 1.82) is 5.26 Å². The van der Waals surface area contributed by atoms with E-state index in [1.165, 1.54) is 12.1 Å². The predicted molar refractivity (Wildman–Crippen MR) is 108 cm³/mol. The standard InChI is InChI=1S/C22H24ClFN2O2/c1-14(26-21(27)28-22(2,3)4)20(11-15-5-7-18(23)8-6-15)17-9-16(13-25)10-19(24)12-17/h5-10,12,14,20H,11H2,1-4H3,(H,26,27). The van der Waals surface area contributed by atoms with Crippen molar-refractivity contribution < 1.29 is 13.9 Å². The zero-order valence-corrected chi connectivity index (χ0v) is 17.2. The molecule has 4 nitrogen and oxygen atoms in total. The summed E-state index contributed by atoms with van der Waals surface area (Å²) >= 11 is 5.96. The summed E-state index contributed by atoms with van der Waals surface area (Å²) in [6.45, 7) is 7.19. The summed E-state index contributed by atoms with van der Waals surface area (Å²) in [5.41, 5.74) is 1.23. The number of rotatable bonds is 5. The van der Waals surface area contributed by atoms with Crippen molar-refractivity contribution in [3.8, 4) is 6.07 Å². The number of nitriles is 1. The Morgan fingerprint density at radius 1 is 1.25 bits per heavy atom. The van der Waals surface area contributed by atoms with Crippen LogP contribution in [0.25, 0.3) is 0 Å². The summed E-state index contributed by atoms with van der Waals surface area (Å²) in [5.74, 6) is -0.754. The van der Waals surface area contributed by atoms with Gasteiger partial charge in [0.1, 0.15) is 11.4 Å². The lowest BCUT2D eigenvalue weighted by Gasteiger charge is -2.28. The van der Waals surface area contributed by atoms with Crippen LogP contribution < -0.4 is 5.32 Å². The molecule has 0 heterocycles. The fourth-order valence-corrected chi connectivity index (χ4v) is 3.07. The van der Waals surface area contributed by atoms with E-state index in [-0.39, 0.29) is 17.5 Å². The van der Waals surface area contributed by atoms with E-state index in [1.54, 1.807) is 39.0 Å². The molecule has 0 bridgehead atoms. The zero-order chi connectivity index (χ0) is 20.9. The molecule has 28 heavy (non-hydrogen) atoms. The Kier molecular flexibility index (Phi) is 7.04. The maximum absolute atomic E-state index is 14.0. The van der Waals surface area contributed by atoms with Crippen LogP contribution in [0.15, 0.2) is 42.5 Å². The van der Waals surface area contributed by atoms with Gasteiger partial charge in [0, 0.05) is 17.0 Å². The number of nitrogens with zero attached hydrogens (tertiary/aromatic N) is 1. The van der Waals surface area contributed by atoms with Crippen LogP contribution in [0.1, 0.15) is 50.3 Å². The molecule has 6 heteroatoms. The van der Waals surface area contributed by atoms with E-state index >= 15 is 0 Å². The van der Waals surface area contributed by atoms with Gasteiger partial charge in [-0.05, 0) is 75.6 Å². The molecule has 0 fully saturated rings. The van der Waals surface area contributed by atoms with Gasteiger partial charge in [-0.25, -0.2) is 9.18 Å². The van der Waals surface area contributed by atoms with Crippen LogP contribution in [0.2, 0.25) is 5.02 Å². The molecular weight excluding hydrogens is 379 g/mol. The predicted octanol–water partition coefficient (Wildman–Crippen LogP) is 5.59. The van der Waals surface area contributed by atoms with Crippen LogP contribution in [0.3, 0.4) is 0 Å². The van der Waals surface area contributed by atoms with Gasteiger partial charge >= 0.3 is 6.09 Å². The first-order chi connectivity index (χ1) is 13.1. The first-order valence-electron chi connectivity index (χ1n) is 9.02. The normalized spacial score (nSPS) is 13.3. The van der Waals surface area contributed by atoms with Crippen molar-refractivity contribution in [3.63, 3.8) is 0 Å². The molecule has 0 saturated heterocycles. The Balaban J connectivity index is 2.32. The van der Waals surface area contributed by atoms with E-state index in [9.17, 15) is 14.4 Å². The second kappa shape index (κ2) is 9.07. The van der Waals surface area contributed by atoms with Crippen molar-refractivity contribution in [2.45, 2.75) is 51.7 Å². The quantitative estimate of drug-likeness (QED) is 0.708. The highest BCUT2D eigenvalue weighted by Crippen LogP contribution is 2.27. The second-order valence-corrected chi connectivity index (χ2v) is 8.19. The van der Waals surface area contributed by atoms with Gasteiger partial charge in [-0.3, -0.25) is 0 Å². The zero-order valence-electron chi connectivity index (χ0n) is 16.4. The highest BCUT2D eigenvalue weighted by Gasteiger charge is 2.25. The fourth-order valence-electron chi connectivity index (χ4n) is 2.94. The van der Waals surface area contributed by atoms with Gasteiger partial charge in [0.2, 0.25) is 0 Å². The van der Waals surface area contributed by atoms with Gasteiger partial charge in [0.25, 0.3) is 0 Å². The first-order valence-corrected chi connectivity index (χ1v) is 9.40.